The maximum absolute atomic E-state index is 12.5. The van der Waals surface area contributed by atoms with Crippen molar-refractivity contribution in [3.63, 3.8) is 0 Å². The molecule has 148 valence electrons. The van der Waals surface area contributed by atoms with Gasteiger partial charge in [0, 0.05) is 5.39 Å². The summed E-state index contributed by atoms with van der Waals surface area (Å²) in [4.78, 5) is 25.6. The summed E-state index contributed by atoms with van der Waals surface area (Å²) in [5.74, 6) is -0.773. The standard InChI is InChI=1S/C21H18N2O5S/c1-13-16-10-18(21(25)28-12-17-15(8-9-27-17)20(24)26-2)29-19(16)23(22-13)11-14-6-4-3-5-7-14/h3-10H,11-12H2,1-2H3. The van der Waals surface area contributed by atoms with Gasteiger partial charge >= 0.3 is 11.9 Å². The minimum Gasteiger partial charge on any atom is -0.465 e. The fourth-order valence-electron chi connectivity index (χ4n) is 3.02. The predicted molar refractivity (Wildman–Crippen MR) is 107 cm³/mol. The molecule has 0 N–H and O–H groups in total. The summed E-state index contributed by atoms with van der Waals surface area (Å²) < 4.78 is 17.2. The first-order valence-corrected chi connectivity index (χ1v) is 9.71. The van der Waals surface area contributed by atoms with Gasteiger partial charge < -0.3 is 13.9 Å². The van der Waals surface area contributed by atoms with Gasteiger partial charge in [-0.15, -0.1) is 11.3 Å². The summed E-state index contributed by atoms with van der Waals surface area (Å²) >= 11 is 1.33. The van der Waals surface area contributed by atoms with Gasteiger partial charge in [-0.2, -0.15) is 5.10 Å². The van der Waals surface area contributed by atoms with Crippen LogP contribution in [-0.4, -0.2) is 28.8 Å². The molecule has 3 heterocycles. The van der Waals surface area contributed by atoms with Crippen molar-refractivity contribution in [1.82, 2.24) is 9.78 Å². The number of fused-ring (bicyclic) bond motifs is 1. The highest BCUT2D eigenvalue weighted by Gasteiger charge is 2.20. The van der Waals surface area contributed by atoms with E-state index >= 15 is 0 Å². The average molecular weight is 410 g/mol. The van der Waals surface area contributed by atoms with Crippen LogP contribution in [0.3, 0.4) is 0 Å². The molecule has 0 fully saturated rings. The van der Waals surface area contributed by atoms with Crippen molar-refractivity contribution in [3.8, 4) is 0 Å². The van der Waals surface area contributed by atoms with Crippen LogP contribution in [0.15, 0.2) is 53.1 Å². The zero-order valence-corrected chi connectivity index (χ0v) is 16.7. The van der Waals surface area contributed by atoms with Gasteiger partial charge in [0.05, 0.1) is 25.6 Å². The van der Waals surface area contributed by atoms with E-state index in [9.17, 15) is 9.59 Å². The van der Waals surface area contributed by atoms with Gasteiger partial charge in [0.1, 0.15) is 15.3 Å². The molecule has 1 aromatic carbocycles. The molecule has 0 spiro atoms. The molecule has 0 unspecified atom stereocenters. The molecule has 0 radical (unpaired) electrons. The number of nitrogens with zero attached hydrogens (tertiary/aromatic N) is 2. The third-order valence-corrected chi connectivity index (χ3v) is 5.60. The number of methoxy groups -OCH3 is 1. The number of furan rings is 1. The van der Waals surface area contributed by atoms with Crippen LogP contribution < -0.4 is 0 Å². The van der Waals surface area contributed by atoms with Crippen LogP contribution in [0, 0.1) is 6.92 Å². The lowest BCUT2D eigenvalue weighted by Crippen LogP contribution is -2.07. The predicted octanol–water partition coefficient (Wildman–Crippen LogP) is 4.19. The molecule has 0 aliphatic heterocycles. The van der Waals surface area contributed by atoms with Crippen molar-refractivity contribution < 1.29 is 23.5 Å². The van der Waals surface area contributed by atoms with Gasteiger partial charge in [-0.1, -0.05) is 30.3 Å². The van der Waals surface area contributed by atoms with E-state index in [1.165, 1.54) is 30.8 Å². The molecular weight excluding hydrogens is 392 g/mol. The highest BCUT2D eigenvalue weighted by atomic mass is 32.1. The number of hydrogen-bond donors (Lipinski definition) is 0. The van der Waals surface area contributed by atoms with Crippen LogP contribution in [0.4, 0.5) is 0 Å². The maximum atomic E-state index is 12.5. The molecule has 8 heteroatoms. The van der Waals surface area contributed by atoms with Gasteiger partial charge in [0.25, 0.3) is 0 Å². The van der Waals surface area contributed by atoms with Gasteiger partial charge in [0.2, 0.25) is 0 Å². The Labute approximate surface area is 170 Å². The fourth-order valence-corrected chi connectivity index (χ4v) is 4.08. The average Bonchev–Trinajstić information content (AvgIpc) is 3.44. The summed E-state index contributed by atoms with van der Waals surface area (Å²) in [6.07, 6.45) is 1.36. The van der Waals surface area contributed by atoms with E-state index in [2.05, 4.69) is 9.84 Å². The molecule has 0 saturated heterocycles. The number of rotatable bonds is 6. The van der Waals surface area contributed by atoms with Crippen molar-refractivity contribution in [2.45, 2.75) is 20.1 Å². The Hall–Kier alpha value is -3.39. The third kappa shape index (κ3) is 3.79. The molecule has 0 saturated carbocycles. The molecule has 0 aliphatic rings. The summed E-state index contributed by atoms with van der Waals surface area (Å²) in [5, 5.41) is 5.50. The van der Waals surface area contributed by atoms with Gasteiger partial charge in [-0.3, -0.25) is 4.68 Å². The van der Waals surface area contributed by atoms with E-state index in [-0.39, 0.29) is 17.9 Å². The lowest BCUT2D eigenvalue weighted by atomic mass is 10.2. The highest BCUT2D eigenvalue weighted by molar-refractivity contribution is 7.20. The maximum Gasteiger partial charge on any atom is 0.348 e. The Kier molecular flexibility index (Phi) is 5.18. The van der Waals surface area contributed by atoms with E-state index in [1.807, 2.05) is 41.9 Å². The minimum atomic E-state index is -0.539. The molecule has 0 amide bonds. The van der Waals surface area contributed by atoms with Crippen LogP contribution in [-0.2, 0) is 22.6 Å². The number of carbonyl (C=O) groups is 2. The zero-order valence-electron chi connectivity index (χ0n) is 15.9. The number of aryl methyl sites for hydroxylation is 1. The molecule has 29 heavy (non-hydrogen) atoms. The van der Waals surface area contributed by atoms with Gasteiger partial charge in [-0.05, 0) is 24.6 Å². The van der Waals surface area contributed by atoms with Crippen molar-refractivity contribution in [2.24, 2.45) is 0 Å². The number of aromatic nitrogens is 2. The van der Waals surface area contributed by atoms with Crippen molar-refractivity contribution in [2.75, 3.05) is 7.11 Å². The third-order valence-electron chi connectivity index (χ3n) is 4.47. The molecule has 4 aromatic rings. The van der Waals surface area contributed by atoms with E-state index in [0.717, 1.165) is 21.5 Å². The number of esters is 2. The quantitative estimate of drug-likeness (QED) is 0.443. The first-order valence-electron chi connectivity index (χ1n) is 8.89. The lowest BCUT2D eigenvalue weighted by Gasteiger charge is -2.04. The highest BCUT2D eigenvalue weighted by Crippen LogP contribution is 2.29. The zero-order chi connectivity index (χ0) is 20.4. The lowest BCUT2D eigenvalue weighted by molar-refractivity contribution is 0.0437. The van der Waals surface area contributed by atoms with E-state index < -0.39 is 11.9 Å². The molecule has 4 rings (SSSR count). The van der Waals surface area contributed by atoms with Gasteiger partial charge in [0.15, 0.2) is 12.4 Å². The topological polar surface area (TPSA) is 83.6 Å². The summed E-state index contributed by atoms with van der Waals surface area (Å²) in [6, 6.07) is 13.3. The van der Waals surface area contributed by atoms with Crippen LogP contribution in [0.2, 0.25) is 0 Å². The molecular formula is C21H18N2O5S. The fraction of sp³-hybridized carbons (Fsp3) is 0.190. The summed E-state index contributed by atoms with van der Waals surface area (Å²) in [6.45, 7) is 2.38. The van der Waals surface area contributed by atoms with Crippen molar-refractivity contribution >= 4 is 33.5 Å². The Bertz CT molecular complexity index is 1170. The second-order valence-electron chi connectivity index (χ2n) is 6.38. The SMILES string of the molecule is COC(=O)c1ccoc1COC(=O)c1cc2c(C)nn(Cc3ccccc3)c2s1. The van der Waals surface area contributed by atoms with Gasteiger partial charge in [-0.25, -0.2) is 9.59 Å². The smallest absolute Gasteiger partial charge is 0.348 e. The largest absolute Gasteiger partial charge is 0.465 e. The van der Waals surface area contributed by atoms with Crippen molar-refractivity contribution in [1.29, 1.82) is 0 Å². The Morgan fingerprint density at radius 2 is 1.97 bits per heavy atom. The first-order chi connectivity index (χ1) is 14.1. The van der Waals surface area contributed by atoms with E-state index in [0.29, 0.717) is 11.4 Å². The Morgan fingerprint density at radius 1 is 1.17 bits per heavy atom. The van der Waals surface area contributed by atoms with E-state index in [4.69, 9.17) is 9.15 Å². The van der Waals surface area contributed by atoms with Crippen LogP contribution in [0.25, 0.3) is 10.2 Å². The number of carbonyl (C=O) groups excluding carboxylic acids is 2. The monoisotopic (exact) mass is 410 g/mol. The Morgan fingerprint density at radius 3 is 2.72 bits per heavy atom. The first kappa shape index (κ1) is 18.9. The molecule has 7 nitrogen and oxygen atoms in total. The summed E-state index contributed by atoms with van der Waals surface area (Å²) in [7, 11) is 1.28. The number of hydrogen-bond acceptors (Lipinski definition) is 7. The second kappa shape index (κ2) is 7.92. The minimum absolute atomic E-state index is 0.153. The number of benzene rings is 1. The normalized spacial score (nSPS) is 11.0. The second-order valence-corrected chi connectivity index (χ2v) is 7.41. The molecule has 0 aliphatic carbocycles. The van der Waals surface area contributed by atoms with Crippen molar-refractivity contribution in [3.05, 3.63) is 76.2 Å². The number of ether oxygens (including phenoxy) is 2. The summed E-state index contributed by atoms with van der Waals surface area (Å²) in [5.41, 5.74) is 2.22. The number of thiophene rings is 1. The molecule has 3 aromatic heterocycles. The molecule has 0 atom stereocenters. The van der Waals surface area contributed by atoms with Crippen LogP contribution >= 0.6 is 11.3 Å². The van der Waals surface area contributed by atoms with Crippen LogP contribution in [0.5, 0.6) is 0 Å². The Balaban J connectivity index is 1.52. The molecule has 0 bridgehead atoms. The van der Waals surface area contributed by atoms with Crippen LogP contribution in [0.1, 0.15) is 37.0 Å². The van der Waals surface area contributed by atoms with E-state index in [1.54, 1.807) is 6.07 Å².